The van der Waals surface area contributed by atoms with Crippen LogP contribution in [0.4, 0.5) is 0 Å². The Kier molecular flexibility index (Phi) is 3.00. The molecule has 1 aromatic rings. The molecular weight excluding hydrogens is 208 g/mol. The summed E-state index contributed by atoms with van der Waals surface area (Å²) in [6.45, 7) is 2.06. The van der Waals surface area contributed by atoms with Crippen molar-refractivity contribution < 1.29 is 9.53 Å². The van der Waals surface area contributed by atoms with Crippen molar-refractivity contribution in [2.45, 2.75) is 24.3 Å². The van der Waals surface area contributed by atoms with Crippen molar-refractivity contribution in [2.75, 3.05) is 6.26 Å². The molecule has 0 bridgehead atoms. The van der Waals surface area contributed by atoms with Crippen LogP contribution in [0.1, 0.15) is 25.0 Å². The van der Waals surface area contributed by atoms with Gasteiger partial charge in [-0.25, -0.2) is 0 Å². The molecule has 0 N–H and O–H groups in total. The molecule has 2 rings (SSSR count). The molecule has 0 radical (unpaired) electrons. The predicted molar refractivity (Wildman–Crippen MR) is 60.8 cm³/mol. The second-order valence-corrected chi connectivity index (χ2v) is 4.68. The van der Waals surface area contributed by atoms with Gasteiger partial charge in [-0.1, -0.05) is 25.1 Å². The Morgan fingerprint density at radius 3 is 2.73 bits per heavy atom. The molecule has 2 nitrogen and oxygen atoms in total. The first-order valence-electron chi connectivity index (χ1n) is 5.04. The number of esters is 1. The molecule has 0 aliphatic carbocycles. The lowest BCUT2D eigenvalue weighted by molar-refractivity contribution is -0.141. The Hall–Kier alpha value is -0.960. The van der Waals surface area contributed by atoms with Gasteiger partial charge in [0.2, 0.25) is 0 Å². The Bertz CT molecular complexity index is 376. The Morgan fingerprint density at radius 2 is 2.13 bits per heavy atom. The molecule has 1 aromatic carbocycles. The largest absolute Gasteiger partial charge is 0.457 e. The summed E-state index contributed by atoms with van der Waals surface area (Å²) in [6.07, 6.45) is 2.52. The number of carbonyl (C=O) groups is 1. The van der Waals surface area contributed by atoms with Gasteiger partial charge in [0.1, 0.15) is 6.10 Å². The summed E-state index contributed by atoms with van der Waals surface area (Å²) in [6, 6.07) is 8.12. The molecule has 1 fully saturated rings. The van der Waals surface area contributed by atoms with Gasteiger partial charge in [-0.2, -0.15) is 0 Å². The topological polar surface area (TPSA) is 26.3 Å². The number of cyclic esters (lactones) is 1. The van der Waals surface area contributed by atoms with E-state index in [9.17, 15) is 4.79 Å². The summed E-state index contributed by atoms with van der Waals surface area (Å²) in [5.74, 6) is 0.203. The summed E-state index contributed by atoms with van der Waals surface area (Å²) in [7, 11) is 0. The first-order chi connectivity index (χ1) is 7.22. The highest BCUT2D eigenvalue weighted by Crippen LogP contribution is 2.38. The van der Waals surface area contributed by atoms with Crippen LogP contribution in [0.15, 0.2) is 29.2 Å². The van der Waals surface area contributed by atoms with Gasteiger partial charge in [0.15, 0.2) is 0 Å². The zero-order chi connectivity index (χ0) is 10.8. The summed E-state index contributed by atoms with van der Waals surface area (Å²) < 4.78 is 5.35. The number of hydrogen-bond donors (Lipinski definition) is 0. The predicted octanol–water partition coefficient (Wildman–Crippen LogP) is 3.03. The standard InChI is InChI=1S/C12H14O2S/c1-8-7-11(13)14-12(8)9-5-3-4-6-10(9)15-2/h3-6,8,12H,7H2,1-2H3/t8-,12+/m1/s1. The number of rotatable bonds is 2. The average molecular weight is 222 g/mol. The molecule has 0 amide bonds. The molecule has 0 aromatic heterocycles. The fraction of sp³-hybridized carbons (Fsp3) is 0.417. The van der Waals surface area contributed by atoms with E-state index >= 15 is 0 Å². The number of ether oxygens (including phenoxy) is 1. The molecule has 1 aliphatic rings. The van der Waals surface area contributed by atoms with Gasteiger partial charge < -0.3 is 4.74 Å². The van der Waals surface area contributed by atoms with Crippen LogP contribution in [0.3, 0.4) is 0 Å². The van der Waals surface area contributed by atoms with E-state index in [0.717, 1.165) is 5.56 Å². The number of benzene rings is 1. The maximum absolute atomic E-state index is 11.2. The minimum atomic E-state index is -0.0802. The molecule has 0 unspecified atom stereocenters. The zero-order valence-electron chi connectivity index (χ0n) is 8.90. The van der Waals surface area contributed by atoms with Crippen molar-refractivity contribution >= 4 is 17.7 Å². The third-order valence-electron chi connectivity index (χ3n) is 2.71. The first kappa shape index (κ1) is 10.6. The van der Waals surface area contributed by atoms with E-state index in [1.807, 2.05) is 24.5 Å². The van der Waals surface area contributed by atoms with E-state index in [4.69, 9.17) is 4.74 Å². The van der Waals surface area contributed by atoms with E-state index in [2.05, 4.69) is 13.0 Å². The zero-order valence-corrected chi connectivity index (χ0v) is 9.71. The molecule has 1 aliphatic heterocycles. The van der Waals surface area contributed by atoms with Crippen LogP contribution in [0.2, 0.25) is 0 Å². The molecule has 3 heteroatoms. The van der Waals surface area contributed by atoms with Crippen molar-refractivity contribution in [1.82, 2.24) is 0 Å². The fourth-order valence-corrected chi connectivity index (χ4v) is 2.58. The van der Waals surface area contributed by atoms with E-state index < -0.39 is 0 Å². The van der Waals surface area contributed by atoms with E-state index in [0.29, 0.717) is 6.42 Å². The van der Waals surface area contributed by atoms with Crippen LogP contribution >= 0.6 is 11.8 Å². The van der Waals surface area contributed by atoms with Gasteiger partial charge in [0.05, 0.1) is 6.42 Å². The van der Waals surface area contributed by atoms with Gasteiger partial charge in [-0.15, -0.1) is 11.8 Å². The fourth-order valence-electron chi connectivity index (χ4n) is 1.95. The van der Waals surface area contributed by atoms with Crippen LogP contribution < -0.4 is 0 Å². The van der Waals surface area contributed by atoms with Crippen LogP contribution in [-0.2, 0) is 9.53 Å². The highest BCUT2D eigenvalue weighted by molar-refractivity contribution is 7.98. The maximum atomic E-state index is 11.2. The van der Waals surface area contributed by atoms with Gasteiger partial charge >= 0.3 is 5.97 Å². The number of thioether (sulfide) groups is 1. The molecule has 0 saturated carbocycles. The highest BCUT2D eigenvalue weighted by atomic mass is 32.2. The van der Waals surface area contributed by atoms with Gasteiger partial charge in [-0.3, -0.25) is 4.79 Å². The normalized spacial score (nSPS) is 25.3. The molecule has 1 heterocycles. The molecule has 0 spiro atoms. The van der Waals surface area contributed by atoms with Gasteiger partial charge in [-0.05, 0) is 12.3 Å². The second kappa shape index (κ2) is 4.27. The lowest BCUT2D eigenvalue weighted by Gasteiger charge is -2.16. The second-order valence-electron chi connectivity index (χ2n) is 3.83. The lowest BCUT2D eigenvalue weighted by Crippen LogP contribution is -2.05. The first-order valence-corrected chi connectivity index (χ1v) is 6.27. The maximum Gasteiger partial charge on any atom is 0.306 e. The highest BCUT2D eigenvalue weighted by Gasteiger charge is 2.33. The average Bonchev–Trinajstić information content (AvgIpc) is 2.57. The molecule has 2 atom stereocenters. The van der Waals surface area contributed by atoms with E-state index in [1.165, 1.54) is 4.90 Å². The van der Waals surface area contributed by atoms with Crippen molar-refractivity contribution in [2.24, 2.45) is 5.92 Å². The third kappa shape index (κ3) is 2.02. The summed E-state index contributed by atoms with van der Waals surface area (Å²) in [5.41, 5.74) is 1.14. The Morgan fingerprint density at radius 1 is 1.40 bits per heavy atom. The van der Waals surface area contributed by atoms with Crippen molar-refractivity contribution in [3.8, 4) is 0 Å². The summed E-state index contributed by atoms with van der Waals surface area (Å²) in [5, 5.41) is 0. The number of hydrogen-bond acceptors (Lipinski definition) is 3. The Balaban J connectivity index is 2.32. The van der Waals surface area contributed by atoms with Gasteiger partial charge in [0.25, 0.3) is 0 Å². The minimum Gasteiger partial charge on any atom is -0.457 e. The Labute approximate surface area is 94.0 Å². The van der Waals surface area contributed by atoms with Crippen LogP contribution in [0.5, 0.6) is 0 Å². The molecule has 15 heavy (non-hydrogen) atoms. The minimum absolute atomic E-state index is 0.0545. The molecule has 1 saturated heterocycles. The molecule has 80 valence electrons. The monoisotopic (exact) mass is 222 g/mol. The quantitative estimate of drug-likeness (QED) is 0.568. The van der Waals surface area contributed by atoms with E-state index in [1.54, 1.807) is 11.8 Å². The number of carbonyl (C=O) groups excluding carboxylic acids is 1. The van der Waals surface area contributed by atoms with E-state index in [-0.39, 0.29) is 18.0 Å². The van der Waals surface area contributed by atoms with Crippen molar-refractivity contribution in [3.05, 3.63) is 29.8 Å². The van der Waals surface area contributed by atoms with Crippen molar-refractivity contribution in [3.63, 3.8) is 0 Å². The lowest BCUT2D eigenvalue weighted by atomic mass is 9.97. The van der Waals surface area contributed by atoms with Crippen LogP contribution in [-0.4, -0.2) is 12.2 Å². The van der Waals surface area contributed by atoms with Crippen LogP contribution in [0, 0.1) is 5.92 Å². The summed E-state index contributed by atoms with van der Waals surface area (Å²) in [4.78, 5) is 12.4. The van der Waals surface area contributed by atoms with Crippen molar-refractivity contribution in [1.29, 1.82) is 0 Å². The smallest absolute Gasteiger partial charge is 0.306 e. The SMILES string of the molecule is CSc1ccccc1[C@H]1OC(=O)C[C@H]1C. The third-order valence-corrected chi connectivity index (χ3v) is 3.52. The van der Waals surface area contributed by atoms with Gasteiger partial charge in [0, 0.05) is 16.4 Å². The molecular formula is C12H14O2S. The summed E-state index contributed by atoms with van der Waals surface area (Å²) >= 11 is 1.69. The van der Waals surface area contributed by atoms with Crippen LogP contribution in [0.25, 0.3) is 0 Å².